The van der Waals surface area contributed by atoms with Crippen molar-refractivity contribution in [2.45, 2.75) is 65.7 Å². The molecule has 0 saturated heterocycles. The summed E-state index contributed by atoms with van der Waals surface area (Å²) < 4.78 is 18.3. The van der Waals surface area contributed by atoms with E-state index in [2.05, 4.69) is 79.7 Å². The van der Waals surface area contributed by atoms with Gasteiger partial charge in [0.15, 0.2) is 6.61 Å². The molecule has 0 spiro atoms. The quantitative estimate of drug-likeness (QED) is 0.144. The fourth-order valence-electron chi connectivity index (χ4n) is 8.79. The van der Waals surface area contributed by atoms with Crippen LogP contribution in [0.1, 0.15) is 45.4 Å². The summed E-state index contributed by atoms with van der Waals surface area (Å²) in [6.45, 7) is 2.13. The van der Waals surface area contributed by atoms with Crippen molar-refractivity contribution in [1.29, 1.82) is 0 Å². The van der Waals surface area contributed by atoms with Crippen molar-refractivity contribution in [2.75, 3.05) is 6.61 Å². The summed E-state index contributed by atoms with van der Waals surface area (Å²) in [6, 6.07) is 33.5. The van der Waals surface area contributed by atoms with Crippen molar-refractivity contribution in [3.05, 3.63) is 97.1 Å². The Hall–Kier alpha value is -3.70. The Labute approximate surface area is 256 Å². The van der Waals surface area contributed by atoms with Crippen LogP contribution in [0.4, 0.5) is 0 Å². The summed E-state index contributed by atoms with van der Waals surface area (Å²) in [4.78, 5) is 17.1. The maximum Gasteiger partial charge on any atom is 0.344 e. The zero-order chi connectivity index (χ0) is 29.0. The molecule has 0 unspecified atom stereocenters. The molecule has 4 nitrogen and oxygen atoms in total. The molecule has 220 valence electrons. The third-order valence-electron chi connectivity index (χ3n) is 10.5. The first kappa shape index (κ1) is 26.9. The first-order chi connectivity index (χ1) is 21.1. The van der Waals surface area contributed by atoms with Crippen molar-refractivity contribution >= 4 is 16.9 Å². The minimum atomic E-state index is -0.581. The van der Waals surface area contributed by atoms with E-state index in [4.69, 9.17) is 14.2 Å². The van der Waals surface area contributed by atoms with Crippen LogP contribution in [0.5, 0.6) is 17.2 Å². The largest absolute Gasteiger partial charge is 0.482 e. The second-order valence-electron chi connectivity index (χ2n) is 12.8. The average Bonchev–Trinajstić information content (AvgIpc) is 3.37. The molecule has 5 aliphatic rings. The molecule has 9 rings (SSSR count). The highest BCUT2D eigenvalue weighted by Crippen LogP contribution is 2.63. The van der Waals surface area contributed by atoms with Gasteiger partial charge in [0.2, 0.25) is 0 Å². The summed E-state index contributed by atoms with van der Waals surface area (Å²) in [5.41, 5.74) is 2.41. The SMILES string of the molecule is CCC1(OC(=O)COc2ccc(Oc3ccc([SH]4c5ccccc5-c5ccccc54)cc3)cc2)C2CC3CC(C2)CC1C3. The van der Waals surface area contributed by atoms with E-state index >= 15 is 0 Å². The van der Waals surface area contributed by atoms with Crippen LogP contribution in [-0.2, 0) is 9.53 Å². The van der Waals surface area contributed by atoms with Gasteiger partial charge < -0.3 is 14.2 Å². The molecule has 0 N–H and O–H groups in total. The molecule has 4 fully saturated rings. The molecule has 43 heavy (non-hydrogen) atoms. The standard InChI is InChI=1S/C38H38O4S/c1-2-38(27-20-25-19-26(22-27)23-28(38)21-25)42-37(39)24-40-29-11-13-30(14-12-29)41-31-15-17-32(18-16-31)43-35-9-5-3-7-33(35)34-8-4-6-10-36(34)43/h3-18,25-28,43H,2,19-24H2,1H3. The fourth-order valence-corrected chi connectivity index (χ4v) is 11.4. The molecule has 4 aromatic rings. The van der Waals surface area contributed by atoms with Gasteiger partial charge in [0.1, 0.15) is 22.8 Å². The maximum absolute atomic E-state index is 13.0. The first-order valence-corrected chi connectivity index (χ1v) is 17.1. The first-order valence-electron chi connectivity index (χ1n) is 15.8. The average molecular weight is 591 g/mol. The number of carbonyl (C=O) groups is 1. The van der Waals surface area contributed by atoms with Crippen molar-refractivity contribution < 1.29 is 19.0 Å². The number of fused-ring (bicyclic) bond motifs is 3. The van der Waals surface area contributed by atoms with Gasteiger partial charge in [0.05, 0.1) is 0 Å². The number of esters is 1. The molecule has 1 aliphatic heterocycles. The molecule has 0 atom stereocenters. The predicted molar refractivity (Wildman–Crippen MR) is 170 cm³/mol. The van der Waals surface area contributed by atoms with E-state index in [1.165, 1.54) is 57.9 Å². The third kappa shape index (κ3) is 4.73. The van der Waals surface area contributed by atoms with Crippen LogP contribution in [0.2, 0.25) is 0 Å². The Kier molecular flexibility index (Phi) is 6.74. The van der Waals surface area contributed by atoms with E-state index in [0.717, 1.165) is 29.8 Å². The van der Waals surface area contributed by atoms with Gasteiger partial charge in [-0.1, -0.05) is 43.3 Å². The van der Waals surface area contributed by atoms with Gasteiger partial charge in [0, 0.05) is 9.79 Å². The molecule has 1 heterocycles. The summed E-state index contributed by atoms with van der Waals surface area (Å²) >= 11 is 0. The van der Waals surface area contributed by atoms with Crippen LogP contribution in [0.25, 0.3) is 11.1 Å². The van der Waals surface area contributed by atoms with E-state index in [9.17, 15) is 4.79 Å². The summed E-state index contributed by atoms with van der Waals surface area (Å²) in [7, 11) is -0.581. The van der Waals surface area contributed by atoms with Crippen LogP contribution < -0.4 is 9.47 Å². The number of hydrogen-bond donors (Lipinski definition) is 1. The van der Waals surface area contributed by atoms with Gasteiger partial charge in [-0.05, 0) is 139 Å². The zero-order valence-corrected chi connectivity index (χ0v) is 25.5. The van der Waals surface area contributed by atoms with E-state index in [1.807, 2.05) is 24.3 Å². The third-order valence-corrected chi connectivity index (χ3v) is 13.0. The van der Waals surface area contributed by atoms with Crippen LogP contribution in [0.15, 0.2) is 112 Å². The van der Waals surface area contributed by atoms with E-state index < -0.39 is 10.9 Å². The lowest BCUT2D eigenvalue weighted by Gasteiger charge is -2.60. The molecule has 4 saturated carbocycles. The van der Waals surface area contributed by atoms with E-state index in [0.29, 0.717) is 17.6 Å². The smallest absolute Gasteiger partial charge is 0.344 e. The maximum atomic E-state index is 13.0. The molecule has 0 amide bonds. The van der Waals surface area contributed by atoms with Crippen LogP contribution in [-0.4, -0.2) is 18.2 Å². The van der Waals surface area contributed by atoms with Gasteiger partial charge >= 0.3 is 5.97 Å². The highest BCUT2D eigenvalue weighted by Gasteiger charge is 2.58. The molecule has 0 radical (unpaired) electrons. The molecule has 5 heteroatoms. The Morgan fingerprint density at radius 3 is 1.77 bits per heavy atom. The molecule has 4 bridgehead atoms. The van der Waals surface area contributed by atoms with Gasteiger partial charge in [-0.15, -0.1) is 0 Å². The van der Waals surface area contributed by atoms with E-state index in [-0.39, 0.29) is 18.2 Å². The zero-order valence-electron chi connectivity index (χ0n) is 24.6. The summed E-state index contributed by atoms with van der Waals surface area (Å²) in [5, 5.41) is 0. The Morgan fingerprint density at radius 1 is 0.698 bits per heavy atom. The van der Waals surface area contributed by atoms with Crippen molar-refractivity contribution in [3.8, 4) is 28.4 Å². The lowest BCUT2D eigenvalue weighted by Crippen LogP contribution is -2.59. The van der Waals surface area contributed by atoms with Crippen molar-refractivity contribution in [3.63, 3.8) is 0 Å². The van der Waals surface area contributed by atoms with Crippen LogP contribution in [0, 0.1) is 23.7 Å². The number of hydrogen-bond acceptors (Lipinski definition) is 4. The predicted octanol–water partition coefficient (Wildman–Crippen LogP) is 9.46. The van der Waals surface area contributed by atoms with Crippen molar-refractivity contribution in [2.24, 2.45) is 23.7 Å². The minimum absolute atomic E-state index is 0.0645. The van der Waals surface area contributed by atoms with Gasteiger partial charge in [-0.3, -0.25) is 0 Å². The highest BCUT2D eigenvalue weighted by molar-refractivity contribution is 8.17. The minimum Gasteiger partial charge on any atom is -0.482 e. The lowest BCUT2D eigenvalue weighted by atomic mass is 9.49. The van der Waals surface area contributed by atoms with Crippen LogP contribution in [0.3, 0.4) is 0 Å². The Morgan fingerprint density at radius 2 is 1.21 bits per heavy atom. The topological polar surface area (TPSA) is 44.8 Å². The highest BCUT2D eigenvalue weighted by atomic mass is 32.2. The number of carbonyl (C=O) groups excluding carboxylic acids is 1. The van der Waals surface area contributed by atoms with E-state index in [1.54, 1.807) is 0 Å². The molecule has 4 aliphatic carbocycles. The molecule has 4 aromatic carbocycles. The monoisotopic (exact) mass is 590 g/mol. The van der Waals surface area contributed by atoms with Gasteiger partial charge in [-0.2, -0.15) is 10.9 Å². The number of rotatable bonds is 8. The molecule has 0 aromatic heterocycles. The Bertz CT molecular complexity index is 1570. The lowest BCUT2D eigenvalue weighted by molar-refractivity contribution is -0.212. The summed E-state index contributed by atoms with van der Waals surface area (Å²) in [5.74, 6) is 4.64. The molecular weight excluding hydrogens is 552 g/mol. The second-order valence-corrected chi connectivity index (χ2v) is 15.0. The second kappa shape index (κ2) is 10.8. The van der Waals surface area contributed by atoms with Crippen LogP contribution >= 0.6 is 10.9 Å². The number of thiol groups is 1. The van der Waals surface area contributed by atoms with Crippen molar-refractivity contribution in [1.82, 2.24) is 0 Å². The summed E-state index contributed by atoms with van der Waals surface area (Å²) in [6.07, 6.45) is 7.19. The number of ether oxygens (including phenoxy) is 3. The molecular formula is C38H38O4S. The van der Waals surface area contributed by atoms with Gasteiger partial charge in [-0.25, -0.2) is 4.79 Å². The fraction of sp³-hybridized carbons (Fsp3) is 0.342. The normalized spacial score (nSPS) is 27.0. The van der Waals surface area contributed by atoms with Gasteiger partial charge in [0.25, 0.3) is 0 Å². The Balaban J connectivity index is 0.893. The number of benzene rings is 4.